The number of benzene rings is 6. The van der Waals surface area contributed by atoms with Crippen LogP contribution in [0, 0.1) is 0 Å². The molecule has 0 saturated heterocycles. The molecular formula is C53H52N4O12. The Bertz CT molecular complexity index is 2530. The van der Waals surface area contributed by atoms with Gasteiger partial charge in [-0.15, -0.1) is 0 Å². The quantitative estimate of drug-likeness (QED) is 0.0318. The van der Waals surface area contributed by atoms with Crippen molar-refractivity contribution in [2.45, 2.75) is 6.92 Å². The van der Waals surface area contributed by atoms with Crippen LogP contribution in [0.15, 0.2) is 164 Å². The van der Waals surface area contributed by atoms with Crippen LogP contribution in [-0.4, -0.2) is 110 Å². The Kier molecular flexibility index (Phi) is 22.4. The Balaban J connectivity index is 0.000000312. The van der Waals surface area contributed by atoms with Crippen molar-refractivity contribution < 1.29 is 58.0 Å². The molecular weight excluding hydrogens is 885 g/mol. The summed E-state index contributed by atoms with van der Waals surface area (Å²) in [5, 5.41) is 26.3. The maximum Gasteiger partial charge on any atom is 0.338 e. The highest BCUT2D eigenvalue weighted by Gasteiger charge is 2.15. The minimum absolute atomic E-state index is 0.0345. The Morgan fingerprint density at radius 1 is 0.362 bits per heavy atom. The van der Waals surface area contributed by atoms with E-state index < -0.39 is 18.0 Å². The zero-order chi connectivity index (χ0) is 49.8. The standard InChI is InChI=1S/C33H28N2O7.C15H12O2.C5H12N2O3/c36-29(23-9-3-1-4-10-23)25-13-7-15-27(21-25)31(38)41-19-17-34-33(40)35-18-20-42-32(39)28-16-8-14-26(22-28)30(37)24-11-5-2-6-12-24;1-11(16)13-8-5-9-14(10-13)15(17)12-6-3-2-4-7-12;8-3-1-6-5(10)7-2-4-9/h1-16,21-22H,17-20H2,(H2,34,35,40);2-10H,1H3;8-9H,1-4H2,(H2,6,7,10). The van der Waals surface area contributed by atoms with Crippen LogP contribution >= 0.6 is 0 Å². The van der Waals surface area contributed by atoms with E-state index in [4.69, 9.17) is 19.7 Å². The predicted molar refractivity (Wildman–Crippen MR) is 256 cm³/mol. The molecule has 6 aromatic rings. The van der Waals surface area contributed by atoms with Crippen LogP contribution in [0.2, 0.25) is 0 Å². The number of hydrogen-bond donors (Lipinski definition) is 6. The lowest BCUT2D eigenvalue weighted by molar-refractivity contribution is 0.0506. The Hall–Kier alpha value is -8.60. The van der Waals surface area contributed by atoms with Gasteiger partial charge in [-0.2, -0.15) is 0 Å². The van der Waals surface area contributed by atoms with Gasteiger partial charge in [0.15, 0.2) is 23.1 Å². The SMILES string of the molecule is CC(=O)c1cccc(C(=O)c2ccccc2)c1.O=C(NCCO)NCCO.O=C(NCCOC(=O)c1cccc(C(=O)c2ccccc2)c1)NCCOC(=O)c1cccc(C(=O)c2ccccc2)c1. The topological polar surface area (TPSA) is 244 Å². The van der Waals surface area contributed by atoms with Crippen LogP contribution in [0.3, 0.4) is 0 Å². The first-order valence-corrected chi connectivity index (χ1v) is 21.6. The van der Waals surface area contributed by atoms with Crippen LogP contribution in [0.4, 0.5) is 9.59 Å². The van der Waals surface area contributed by atoms with Crippen LogP contribution in [0.25, 0.3) is 0 Å². The third kappa shape index (κ3) is 18.3. The van der Waals surface area contributed by atoms with Crippen molar-refractivity contribution in [2.75, 3.05) is 52.6 Å². The first-order valence-electron chi connectivity index (χ1n) is 21.6. The second-order valence-corrected chi connectivity index (χ2v) is 14.5. The molecule has 0 heterocycles. The van der Waals surface area contributed by atoms with Gasteiger partial charge in [-0.1, -0.05) is 133 Å². The molecule has 0 radical (unpaired) electrons. The van der Waals surface area contributed by atoms with Crippen molar-refractivity contribution in [2.24, 2.45) is 0 Å². The smallest absolute Gasteiger partial charge is 0.338 e. The molecule has 6 aromatic carbocycles. The zero-order valence-corrected chi connectivity index (χ0v) is 37.7. The number of hydrogen-bond acceptors (Lipinski definition) is 12. The van der Waals surface area contributed by atoms with E-state index in [9.17, 15) is 38.4 Å². The van der Waals surface area contributed by atoms with Crippen LogP contribution in [0.1, 0.15) is 85.8 Å². The van der Waals surface area contributed by atoms with Gasteiger partial charge in [0, 0.05) is 52.0 Å². The number of amides is 4. The molecule has 0 unspecified atom stereocenters. The average molecular weight is 937 g/mol. The fourth-order valence-electron chi connectivity index (χ4n) is 5.97. The van der Waals surface area contributed by atoms with Gasteiger partial charge in [-0.25, -0.2) is 19.2 Å². The highest BCUT2D eigenvalue weighted by atomic mass is 16.5. The lowest BCUT2D eigenvalue weighted by atomic mass is 10.0. The van der Waals surface area contributed by atoms with Crippen molar-refractivity contribution >= 4 is 47.1 Å². The summed E-state index contributed by atoms with van der Waals surface area (Å²) < 4.78 is 10.4. The molecule has 0 aromatic heterocycles. The second-order valence-electron chi connectivity index (χ2n) is 14.5. The van der Waals surface area contributed by atoms with E-state index in [1.165, 1.54) is 19.1 Å². The average Bonchev–Trinajstić information content (AvgIpc) is 3.40. The van der Waals surface area contributed by atoms with Gasteiger partial charge >= 0.3 is 24.0 Å². The van der Waals surface area contributed by atoms with Gasteiger partial charge in [-0.05, 0) is 37.3 Å². The summed E-state index contributed by atoms with van der Waals surface area (Å²) in [6.07, 6.45) is 0. The van der Waals surface area contributed by atoms with Crippen molar-refractivity contribution in [1.29, 1.82) is 0 Å². The Morgan fingerprint density at radius 3 is 0.957 bits per heavy atom. The zero-order valence-electron chi connectivity index (χ0n) is 37.7. The lowest BCUT2D eigenvalue weighted by Gasteiger charge is -2.10. The lowest BCUT2D eigenvalue weighted by Crippen LogP contribution is -2.39. The first-order chi connectivity index (χ1) is 33.4. The number of urea groups is 2. The molecule has 0 fully saturated rings. The Morgan fingerprint density at radius 2 is 0.638 bits per heavy atom. The molecule has 356 valence electrons. The van der Waals surface area contributed by atoms with Gasteiger partial charge in [0.2, 0.25) is 0 Å². The number of Topliss-reactive ketones (excluding diaryl/α,β-unsaturated/α-hetero) is 1. The van der Waals surface area contributed by atoms with E-state index >= 15 is 0 Å². The first kappa shape index (κ1) is 53.0. The minimum atomic E-state index is -0.624. The molecule has 4 amide bonds. The summed E-state index contributed by atoms with van der Waals surface area (Å²) in [6.45, 7) is 1.72. The third-order valence-electron chi connectivity index (χ3n) is 9.40. The molecule has 0 atom stereocenters. The fourth-order valence-corrected chi connectivity index (χ4v) is 5.97. The number of aliphatic hydroxyl groups is 2. The highest BCUT2D eigenvalue weighted by molar-refractivity contribution is 6.11. The number of rotatable bonds is 19. The third-order valence-corrected chi connectivity index (χ3v) is 9.40. The summed E-state index contributed by atoms with van der Waals surface area (Å²) in [5.74, 6) is -1.76. The van der Waals surface area contributed by atoms with E-state index in [0.29, 0.717) is 38.9 Å². The number of nitrogens with one attached hydrogen (secondary N) is 4. The monoisotopic (exact) mass is 936 g/mol. The van der Waals surface area contributed by atoms with Gasteiger partial charge in [0.05, 0.1) is 37.4 Å². The summed E-state index contributed by atoms with van der Waals surface area (Å²) in [7, 11) is 0. The van der Waals surface area contributed by atoms with Crippen LogP contribution < -0.4 is 21.3 Å². The molecule has 0 spiro atoms. The van der Waals surface area contributed by atoms with E-state index in [1.54, 1.807) is 121 Å². The molecule has 69 heavy (non-hydrogen) atoms. The summed E-state index contributed by atoms with van der Waals surface area (Å²) in [5.41, 5.74) is 3.93. The molecule has 16 heteroatoms. The van der Waals surface area contributed by atoms with Gasteiger partial charge in [0.1, 0.15) is 13.2 Å². The fraction of sp³-hybridized carbons (Fsp3) is 0.170. The van der Waals surface area contributed by atoms with E-state index in [2.05, 4.69) is 21.3 Å². The van der Waals surface area contributed by atoms with Crippen molar-refractivity contribution in [3.8, 4) is 0 Å². The molecule has 6 rings (SSSR count). The predicted octanol–water partition coefficient (Wildman–Crippen LogP) is 5.85. The highest BCUT2D eigenvalue weighted by Crippen LogP contribution is 2.15. The molecule has 0 bridgehead atoms. The van der Waals surface area contributed by atoms with Crippen LogP contribution in [0.5, 0.6) is 0 Å². The number of ketones is 4. The minimum Gasteiger partial charge on any atom is -0.460 e. The summed E-state index contributed by atoms with van der Waals surface area (Å²) >= 11 is 0. The number of esters is 2. The molecule has 0 aliphatic carbocycles. The molecule has 0 aliphatic rings. The molecule has 16 nitrogen and oxygen atoms in total. The number of carbonyl (C=O) groups is 8. The Labute approximate surface area is 398 Å². The van der Waals surface area contributed by atoms with Gasteiger partial charge in [0.25, 0.3) is 0 Å². The number of ether oxygens (including phenoxy) is 2. The summed E-state index contributed by atoms with van der Waals surface area (Å²) in [4.78, 5) is 95.9. The van der Waals surface area contributed by atoms with Gasteiger partial charge in [-0.3, -0.25) is 19.2 Å². The maximum atomic E-state index is 12.6. The van der Waals surface area contributed by atoms with Crippen molar-refractivity contribution in [1.82, 2.24) is 21.3 Å². The van der Waals surface area contributed by atoms with Crippen molar-refractivity contribution in [3.63, 3.8) is 0 Å². The van der Waals surface area contributed by atoms with Crippen LogP contribution in [-0.2, 0) is 9.47 Å². The van der Waals surface area contributed by atoms with E-state index in [-0.39, 0.29) is 92.9 Å². The van der Waals surface area contributed by atoms with Crippen molar-refractivity contribution in [3.05, 3.63) is 214 Å². The second kappa shape index (κ2) is 29.1. The van der Waals surface area contributed by atoms with E-state index in [1.807, 2.05) is 30.3 Å². The maximum absolute atomic E-state index is 12.6. The van der Waals surface area contributed by atoms with Gasteiger partial charge < -0.3 is 41.0 Å². The number of aliphatic hydroxyl groups excluding tert-OH is 2. The molecule has 0 saturated carbocycles. The molecule has 0 aliphatic heterocycles. The van der Waals surface area contributed by atoms with E-state index in [0.717, 1.165) is 0 Å². The number of carbonyl (C=O) groups excluding carboxylic acids is 8. The largest absolute Gasteiger partial charge is 0.460 e. The summed E-state index contributed by atoms with van der Waals surface area (Å²) in [6, 6.07) is 44.9. The molecule has 6 N–H and O–H groups in total. The normalized spacial score (nSPS) is 10.0.